The van der Waals surface area contributed by atoms with Gasteiger partial charge in [-0.15, -0.1) is 6.58 Å². The third kappa shape index (κ3) is 3.89. The minimum atomic E-state index is -0.289. The summed E-state index contributed by atoms with van der Waals surface area (Å²) < 4.78 is 12.6. The van der Waals surface area contributed by atoms with E-state index < -0.39 is 0 Å². The molecule has 0 unspecified atom stereocenters. The predicted octanol–water partition coefficient (Wildman–Crippen LogP) is 4.07. The van der Waals surface area contributed by atoms with Gasteiger partial charge in [-0.25, -0.2) is 4.98 Å². The summed E-state index contributed by atoms with van der Waals surface area (Å²) in [6.45, 7) is 11.6. The van der Waals surface area contributed by atoms with Crippen molar-refractivity contribution in [1.29, 1.82) is 0 Å². The molecule has 1 aromatic carbocycles. The fourth-order valence-electron chi connectivity index (χ4n) is 3.70. The van der Waals surface area contributed by atoms with Crippen LogP contribution in [-0.4, -0.2) is 35.6 Å². The molecule has 0 spiro atoms. The van der Waals surface area contributed by atoms with Crippen LogP contribution >= 0.6 is 11.8 Å². The van der Waals surface area contributed by atoms with Gasteiger partial charge in [0, 0.05) is 30.2 Å². The number of nitrogens with zero attached hydrogens (tertiary/aromatic N) is 2. The first kappa shape index (κ1) is 20.7. The normalized spacial score (nSPS) is 14.3. The number of hydrogen-bond acceptors (Lipinski definition) is 5. The number of benzene rings is 1. The van der Waals surface area contributed by atoms with Gasteiger partial charge >= 0.3 is 0 Å². The fourth-order valence-corrected chi connectivity index (χ4v) is 4.42. The van der Waals surface area contributed by atoms with Crippen molar-refractivity contribution in [1.82, 2.24) is 9.55 Å². The average Bonchev–Trinajstić information content (AvgIpc) is 2.65. The summed E-state index contributed by atoms with van der Waals surface area (Å²) in [6, 6.07) is 6.08. The molecule has 0 N–H and O–H groups in total. The number of aromatic nitrogens is 2. The molecule has 0 atom stereocenters. The lowest BCUT2D eigenvalue weighted by atomic mass is 9.72. The Labute approximate surface area is 170 Å². The van der Waals surface area contributed by atoms with Gasteiger partial charge in [0.2, 0.25) is 0 Å². The second-order valence-corrected chi connectivity index (χ2v) is 8.71. The van der Waals surface area contributed by atoms with Crippen LogP contribution in [0.15, 0.2) is 40.8 Å². The van der Waals surface area contributed by atoms with Crippen molar-refractivity contribution in [3.8, 4) is 17.0 Å². The van der Waals surface area contributed by atoms with Gasteiger partial charge in [0.15, 0.2) is 5.16 Å². The molecule has 0 aliphatic heterocycles. The van der Waals surface area contributed by atoms with E-state index in [1.54, 1.807) is 29.5 Å². The van der Waals surface area contributed by atoms with Gasteiger partial charge in [0.05, 0.1) is 12.3 Å². The van der Waals surface area contributed by atoms with Crippen molar-refractivity contribution >= 4 is 11.8 Å². The summed E-state index contributed by atoms with van der Waals surface area (Å²) in [5, 5.41) is 0.737. The number of allylic oxidation sites excluding steroid dienone is 1. The Morgan fingerprint density at radius 3 is 2.82 bits per heavy atom. The standard InChI is InChI=1S/C22H28N2O3S/c1-6-10-24-20(25)18-19(23-21(24)28-7-2)17-13-16(27-12-11-26-5)9-8-15(17)14-22(18,3)4/h6,8-9,13H,1,7,10-12,14H2,2-5H3. The summed E-state index contributed by atoms with van der Waals surface area (Å²) in [5.74, 6) is 1.61. The Hall–Kier alpha value is -2.05. The number of rotatable bonds is 8. The third-order valence-corrected chi connectivity index (χ3v) is 5.78. The zero-order chi connectivity index (χ0) is 20.3. The van der Waals surface area contributed by atoms with E-state index >= 15 is 0 Å². The van der Waals surface area contributed by atoms with Gasteiger partial charge in [0.25, 0.3) is 5.56 Å². The topological polar surface area (TPSA) is 53.4 Å². The Bertz CT molecular complexity index is 934. The molecule has 0 radical (unpaired) electrons. The molecule has 5 nitrogen and oxygen atoms in total. The van der Waals surface area contributed by atoms with Crippen molar-refractivity contribution in [2.24, 2.45) is 0 Å². The molecule has 1 aromatic heterocycles. The average molecular weight is 401 g/mol. The zero-order valence-electron chi connectivity index (χ0n) is 17.1. The van der Waals surface area contributed by atoms with Crippen molar-refractivity contribution in [3.63, 3.8) is 0 Å². The summed E-state index contributed by atoms with van der Waals surface area (Å²) in [7, 11) is 1.65. The summed E-state index contributed by atoms with van der Waals surface area (Å²) >= 11 is 1.58. The van der Waals surface area contributed by atoms with E-state index in [1.165, 1.54) is 5.56 Å². The number of hydrogen-bond donors (Lipinski definition) is 0. The van der Waals surface area contributed by atoms with Gasteiger partial charge in [-0.2, -0.15) is 0 Å². The Morgan fingerprint density at radius 1 is 1.36 bits per heavy atom. The van der Waals surface area contributed by atoms with Crippen LogP contribution in [0, 0.1) is 0 Å². The molecule has 0 bridgehead atoms. The van der Waals surface area contributed by atoms with Crippen molar-refractivity contribution in [3.05, 3.63) is 52.3 Å². The maximum Gasteiger partial charge on any atom is 0.258 e. The predicted molar refractivity (Wildman–Crippen MR) is 115 cm³/mol. The van der Waals surface area contributed by atoms with Crippen LogP contribution in [0.4, 0.5) is 0 Å². The molecule has 0 amide bonds. The third-order valence-electron chi connectivity index (χ3n) is 4.92. The molecular weight excluding hydrogens is 372 g/mol. The highest BCUT2D eigenvalue weighted by atomic mass is 32.2. The Kier molecular flexibility index (Phi) is 6.30. The molecule has 0 saturated heterocycles. The fraction of sp³-hybridized carbons (Fsp3) is 0.455. The van der Waals surface area contributed by atoms with Crippen LogP contribution in [0.2, 0.25) is 0 Å². The maximum absolute atomic E-state index is 13.4. The lowest BCUT2D eigenvalue weighted by Crippen LogP contribution is -2.38. The zero-order valence-corrected chi connectivity index (χ0v) is 17.9. The summed E-state index contributed by atoms with van der Waals surface area (Å²) in [4.78, 5) is 18.4. The summed E-state index contributed by atoms with van der Waals surface area (Å²) in [6.07, 6.45) is 2.54. The van der Waals surface area contributed by atoms with E-state index in [2.05, 4.69) is 33.4 Å². The molecule has 28 heavy (non-hydrogen) atoms. The van der Waals surface area contributed by atoms with Crippen LogP contribution in [0.25, 0.3) is 11.3 Å². The lowest BCUT2D eigenvalue weighted by Gasteiger charge is -2.33. The monoisotopic (exact) mass is 400 g/mol. The second-order valence-electron chi connectivity index (χ2n) is 7.48. The minimum Gasteiger partial charge on any atom is -0.491 e. The minimum absolute atomic E-state index is 0.0298. The molecule has 1 heterocycles. The molecule has 1 aliphatic rings. The van der Waals surface area contributed by atoms with Crippen LogP contribution < -0.4 is 10.3 Å². The highest BCUT2D eigenvalue weighted by molar-refractivity contribution is 7.99. The molecule has 150 valence electrons. The highest BCUT2D eigenvalue weighted by Crippen LogP contribution is 2.42. The van der Waals surface area contributed by atoms with Gasteiger partial charge in [0.1, 0.15) is 12.4 Å². The first-order chi connectivity index (χ1) is 13.4. The van der Waals surface area contributed by atoms with Gasteiger partial charge in [-0.1, -0.05) is 44.7 Å². The maximum atomic E-state index is 13.4. The van der Waals surface area contributed by atoms with Crippen LogP contribution in [0.1, 0.15) is 31.9 Å². The van der Waals surface area contributed by atoms with E-state index in [4.69, 9.17) is 14.5 Å². The smallest absolute Gasteiger partial charge is 0.258 e. The number of fused-ring (bicyclic) bond motifs is 3. The quantitative estimate of drug-likeness (QED) is 0.289. The van der Waals surface area contributed by atoms with Crippen LogP contribution in [0.3, 0.4) is 0 Å². The Morgan fingerprint density at radius 2 is 2.14 bits per heavy atom. The molecule has 6 heteroatoms. The van der Waals surface area contributed by atoms with Gasteiger partial charge in [-0.3, -0.25) is 9.36 Å². The number of thioether (sulfide) groups is 1. The largest absolute Gasteiger partial charge is 0.491 e. The van der Waals surface area contributed by atoms with E-state index in [0.29, 0.717) is 19.8 Å². The van der Waals surface area contributed by atoms with E-state index in [-0.39, 0.29) is 11.0 Å². The first-order valence-corrected chi connectivity index (χ1v) is 10.6. The molecule has 1 aliphatic carbocycles. The molecule has 3 rings (SSSR count). The lowest BCUT2D eigenvalue weighted by molar-refractivity contribution is 0.146. The van der Waals surface area contributed by atoms with E-state index in [1.807, 2.05) is 12.1 Å². The first-order valence-electron chi connectivity index (χ1n) is 9.57. The van der Waals surface area contributed by atoms with Gasteiger partial charge in [-0.05, 0) is 29.9 Å². The van der Waals surface area contributed by atoms with Crippen molar-refractivity contribution in [2.45, 2.75) is 44.3 Å². The molecular formula is C22H28N2O3S. The molecule has 0 saturated carbocycles. The Balaban J connectivity index is 2.19. The SMILES string of the molecule is C=CCn1c(SCC)nc2c(c1=O)C(C)(C)Cc1ccc(OCCOC)cc1-2. The van der Waals surface area contributed by atoms with E-state index in [0.717, 1.165) is 39.9 Å². The van der Waals surface area contributed by atoms with Crippen LogP contribution in [0.5, 0.6) is 5.75 Å². The van der Waals surface area contributed by atoms with Crippen molar-refractivity contribution in [2.75, 3.05) is 26.1 Å². The second kappa shape index (κ2) is 8.53. The molecule has 2 aromatic rings. The molecule has 0 fully saturated rings. The van der Waals surface area contributed by atoms with E-state index in [9.17, 15) is 4.79 Å². The number of ether oxygens (including phenoxy) is 2. The van der Waals surface area contributed by atoms with Gasteiger partial charge < -0.3 is 9.47 Å². The van der Waals surface area contributed by atoms with Crippen molar-refractivity contribution < 1.29 is 9.47 Å². The highest BCUT2D eigenvalue weighted by Gasteiger charge is 2.36. The summed E-state index contributed by atoms with van der Waals surface area (Å²) in [5.41, 5.74) is 3.48. The number of methoxy groups -OCH3 is 1. The van der Waals surface area contributed by atoms with Crippen LogP contribution in [-0.2, 0) is 23.1 Å².